The highest BCUT2D eigenvalue weighted by Gasteiger charge is 2.30. The second-order valence-corrected chi connectivity index (χ2v) is 10.4. The molecule has 2 aromatic rings. The predicted molar refractivity (Wildman–Crippen MR) is 166 cm³/mol. The van der Waals surface area contributed by atoms with Crippen LogP contribution in [0.2, 0.25) is 0 Å². The molecule has 0 spiro atoms. The van der Waals surface area contributed by atoms with Gasteiger partial charge in [0.05, 0.1) is 6.04 Å². The maximum atomic E-state index is 13.6. The van der Waals surface area contributed by atoms with Crippen LogP contribution in [0.3, 0.4) is 0 Å². The Kier molecular flexibility index (Phi) is 15.1. The molecule has 0 radical (unpaired) electrons. The van der Waals surface area contributed by atoms with E-state index in [-0.39, 0.29) is 50.4 Å². The van der Waals surface area contributed by atoms with Crippen LogP contribution in [0.4, 0.5) is 0 Å². The Morgan fingerprint density at radius 1 is 0.727 bits per heavy atom. The first kappa shape index (κ1) is 35.5. The molecule has 0 aliphatic heterocycles. The number of unbranched alkanes of at least 4 members (excludes halogenated alkanes) is 1. The van der Waals surface area contributed by atoms with Gasteiger partial charge in [0.25, 0.3) is 0 Å². The van der Waals surface area contributed by atoms with Gasteiger partial charge in [-0.25, -0.2) is 4.79 Å². The number of guanidine groups is 1. The minimum Gasteiger partial charge on any atom is -0.508 e. The molecule has 4 unspecified atom stereocenters. The minimum absolute atomic E-state index is 0.0229. The van der Waals surface area contributed by atoms with Crippen molar-refractivity contribution in [2.24, 2.45) is 27.9 Å². The molecule has 240 valence electrons. The van der Waals surface area contributed by atoms with E-state index in [9.17, 15) is 29.4 Å². The van der Waals surface area contributed by atoms with E-state index in [1.807, 2.05) is 30.3 Å². The number of amides is 3. The molecule has 0 aromatic heterocycles. The smallest absolute Gasteiger partial charge is 0.326 e. The lowest BCUT2D eigenvalue weighted by Crippen LogP contribution is -2.57. The van der Waals surface area contributed by atoms with Gasteiger partial charge in [-0.2, -0.15) is 0 Å². The second kappa shape index (κ2) is 18.8. The summed E-state index contributed by atoms with van der Waals surface area (Å²) in [5.41, 5.74) is 23.9. The molecule has 2 aromatic carbocycles. The molecule has 0 saturated carbocycles. The zero-order valence-electron chi connectivity index (χ0n) is 24.7. The number of hydrogen-bond donors (Lipinski definition) is 9. The van der Waals surface area contributed by atoms with Gasteiger partial charge in [0.2, 0.25) is 17.7 Å². The SMILES string of the molecule is NCCCCC(NC(=O)C(CCCN=C(N)N)NC(=O)C(Cc1ccc(O)cc1)NC(=O)C(N)Cc1ccccc1)C(=O)O. The normalized spacial score (nSPS) is 13.5. The van der Waals surface area contributed by atoms with E-state index < -0.39 is 47.9 Å². The molecule has 0 aliphatic carbocycles. The number of carbonyl (C=O) groups excluding carboxylic acids is 3. The Labute approximate surface area is 256 Å². The van der Waals surface area contributed by atoms with Crippen LogP contribution in [0, 0.1) is 0 Å². The molecule has 0 bridgehead atoms. The Bertz CT molecular complexity index is 1240. The Hall–Kier alpha value is -4.69. The molecular formula is C30H44N8O6. The maximum Gasteiger partial charge on any atom is 0.326 e. The van der Waals surface area contributed by atoms with Crippen molar-refractivity contribution in [2.75, 3.05) is 13.1 Å². The number of nitrogens with one attached hydrogen (secondary N) is 3. The molecule has 2 rings (SSSR count). The number of nitrogens with two attached hydrogens (primary N) is 4. The zero-order valence-corrected chi connectivity index (χ0v) is 24.7. The van der Waals surface area contributed by atoms with E-state index in [2.05, 4.69) is 20.9 Å². The number of carboxylic acids is 1. The lowest BCUT2D eigenvalue weighted by molar-refractivity contribution is -0.142. The summed E-state index contributed by atoms with van der Waals surface area (Å²) >= 11 is 0. The first-order valence-corrected chi connectivity index (χ1v) is 14.5. The fourth-order valence-corrected chi connectivity index (χ4v) is 4.38. The highest BCUT2D eigenvalue weighted by molar-refractivity contribution is 5.94. The summed E-state index contributed by atoms with van der Waals surface area (Å²) in [5, 5.41) is 27.2. The van der Waals surface area contributed by atoms with Gasteiger partial charge in [-0.15, -0.1) is 0 Å². The molecule has 44 heavy (non-hydrogen) atoms. The largest absolute Gasteiger partial charge is 0.508 e. The third-order valence-electron chi connectivity index (χ3n) is 6.78. The van der Waals surface area contributed by atoms with Crippen molar-refractivity contribution in [2.45, 2.75) is 69.1 Å². The van der Waals surface area contributed by atoms with Crippen LogP contribution in [-0.4, -0.2) is 77.1 Å². The van der Waals surface area contributed by atoms with Gasteiger partial charge in [0.1, 0.15) is 23.9 Å². The van der Waals surface area contributed by atoms with Crippen molar-refractivity contribution in [1.29, 1.82) is 0 Å². The Morgan fingerprint density at radius 3 is 1.91 bits per heavy atom. The fraction of sp³-hybridized carbons (Fsp3) is 0.433. The van der Waals surface area contributed by atoms with Crippen LogP contribution < -0.4 is 38.9 Å². The Balaban J connectivity index is 2.25. The summed E-state index contributed by atoms with van der Waals surface area (Å²) in [6.07, 6.45) is 1.86. The summed E-state index contributed by atoms with van der Waals surface area (Å²) in [6, 6.07) is 10.8. The molecule has 14 heteroatoms. The van der Waals surface area contributed by atoms with Crippen LogP contribution in [0.1, 0.15) is 43.2 Å². The highest BCUT2D eigenvalue weighted by atomic mass is 16.4. The second-order valence-electron chi connectivity index (χ2n) is 10.4. The molecule has 0 heterocycles. The summed E-state index contributed by atoms with van der Waals surface area (Å²) in [7, 11) is 0. The van der Waals surface area contributed by atoms with Crippen molar-refractivity contribution >= 4 is 29.7 Å². The van der Waals surface area contributed by atoms with Crippen LogP contribution in [0.15, 0.2) is 59.6 Å². The van der Waals surface area contributed by atoms with Gasteiger partial charge in [0.15, 0.2) is 5.96 Å². The molecule has 13 N–H and O–H groups in total. The van der Waals surface area contributed by atoms with Crippen molar-refractivity contribution in [3.63, 3.8) is 0 Å². The summed E-state index contributed by atoms with van der Waals surface area (Å²) < 4.78 is 0. The van der Waals surface area contributed by atoms with Crippen LogP contribution >= 0.6 is 0 Å². The number of nitrogens with zero attached hydrogens (tertiary/aromatic N) is 1. The average molecular weight is 613 g/mol. The molecule has 0 fully saturated rings. The monoisotopic (exact) mass is 612 g/mol. The van der Waals surface area contributed by atoms with Crippen molar-refractivity contribution in [3.05, 3.63) is 65.7 Å². The summed E-state index contributed by atoms with van der Waals surface area (Å²) in [4.78, 5) is 55.7. The number of aliphatic imine (C=N–C) groups is 1. The number of rotatable bonds is 19. The minimum atomic E-state index is -1.22. The molecule has 3 amide bonds. The van der Waals surface area contributed by atoms with E-state index in [4.69, 9.17) is 22.9 Å². The van der Waals surface area contributed by atoms with Crippen molar-refractivity contribution < 1.29 is 29.4 Å². The van der Waals surface area contributed by atoms with Crippen LogP contribution in [-0.2, 0) is 32.0 Å². The molecule has 0 aliphatic rings. The molecule has 0 saturated heterocycles. The maximum absolute atomic E-state index is 13.6. The third-order valence-corrected chi connectivity index (χ3v) is 6.78. The predicted octanol–water partition coefficient (Wildman–Crippen LogP) is -0.774. The molecular weight excluding hydrogens is 568 g/mol. The fourth-order valence-electron chi connectivity index (χ4n) is 4.38. The summed E-state index contributed by atoms with van der Waals surface area (Å²) in [6.45, 7) is 0.551. The van der Waals surface area contributed by atoms with Gasteiger partial charge in [-0.05, 0) is 68.3 Å². The number of aliphatic carboxylic acids is 1. The van der Waals surface area contributed by atoms with Crippen molar-refractivity contribution in [3.8, 4) is 5.75 Å². The number of phenolic OH excluding ortho intramolecular Hbond substituents is 1. The van der Waals surface area contributed by atoms with Gasteiger partial charge in [-0.1, -0.05) is 42.5 Å². The lowest BCUT2D eigenvalue weighted by atomic mass is 10.0. The third kappa shape index (κ3) is 13.1. The van der Waals surface area contributed by atoms with Gasteiger partial charge in [0, 0.05) is 13.0 Å². The van der Waals surface area contributed by atoms with Crippen molar-refractivity contribution in [1.82, 2.24) is 16.0 Å². The van der Waals surface area contributed by atoms with Gasteiger partial charge >= 0.3 is 5.97 Å². The summed E-state index contributed by atoms with van der Waals surface area (Å²) in [5.74, 6) is -3.29. The standard InChI is InChI=1S/C30H44N8O6/c31-15-5-4-9-24(29(43)44)37-27(41)23(10-6-16-35-30(33)34)36-28(42)25(18-20-11-13-21(39)14-12-20)38-26(40)22(32)17-19-7-2-1-3-8-19/h1-3,7-8,11-14,22-25,39H,4-6,9-10,15-18,31-32H2,(H,36,42)(H,37,41)(H,38,40)(H,43,44)(H4,33,34,35). The number of benzene rings is 2. The van der Waals surface area contributed by atoms with E-state index in [1.54, 1.807) is 12.1 Å². The number of carboxylic acid groups (broad SMARTS) is 1. The Morgan fingerprint density at radius 2 is 1.30 bits per heavy atom. The number of carbonyl (C=O) groups is 4. The number of aromatic hydroxyl groups is 1. The first-order chi connectivity index (χ1) is 21.0. The quantitative estimate of drug-likeness (QED) is 0.0543. The van der Waals surface area contributed by atoms with E-state index >= 15 is 0 Å². The average Bonchev–Trinajstić information content (AvgIpc) is 2.99. The van der Waals surface area contributed by atoms with Gasteiger partial charge < -0.3 is 49.1 Å². The van der Waals surface area contributed by atoms with Gasteiger partial charge in [-0.3, -0.25) is 19.4 Å². The molecule has 4 atom stereocenters. The highest BCUT2D eigenvalue weighted by Crippen LogP contribution is 2.13. The number of phenols is 1. The van der Waals surface area contributed by atoms with E-state index in [0.29, 0.717) is 24.9 Å². The van der Waals surface area contributed by atoms with Crippen LogP contribution in [0.5, 0.6) is 5.75 Å². The first-order valence-electron chi connectivity index (χ1n) is 14.5. The lowest BCUT2D eigenvalue weighted by Gasteiger charge is -2.25. The molecule has 14 nitrogen and oxygen atoms in total. The van der Waals surface area contributed by atoms with E-state index in [1.165, 1.54) is 12.1 Å². The van der Waals surface area contributed by atoms with E-state index in [0.717, 1.165) is 5.56 Å². The topological polar surface area (TPSA) is 261 Å². The number of hydrogen-bond acceptors (Lipinski definition) is 8. The van der Waals surface area contributed by atoms with Crippen LogP contribution in [0.25, 0.3) is 0 Å². The zero-order chi connectivity index (χ0) is 32.5.